The minimum Gasteiger partial charge on any atom is -0.448 e. The molecule has 20 heavy (non-hydrogen) atoms. The Hall–Kier alpha value is -1.01. The van der Waals surface area contributed by atoms with Gasteiger partial charge in [-0.15, -0.1) is 0 Å². The second-order valence-corrected chi connectivity index (χ2v) is 5.16. The molecule has 2 rings (SSSR count). The van der Waals surface area contributed by atoms with Crippen molar-refractivity contribution < 1.29 is 14.3 Å². The molecule has 1 N–H and O–H groups in total. The summed E-state index contributed by atoms with van der Waals surface area (Å²) in [4.78, 5) is 13.8. The summed E-state index contributed by atoms with van der Waals surface area (Å²) < 4.78 is 10.4. The summed E-state index contributed by atoms with van der Waals surface area (Å²) in [7, 11) is 0. The van der Waals surface area contributed by atoms with Gasteiger partial charge in [-0.1, -0.05) is 23.2 Å². The van der Waals surface area contributed by atoms with Gasteiger partial charge in [0.15, 0.2) is 0 Å². The molecule has 0 unspecified atom stereocenters. The third-order valence-corrected chi connectivity index (χ3v) is 3.65. The second kappa shape index (κ2) is 7.69. The van der Waals surface area contributed by atoms with Crippen molar-refractivity contribution in [3.63, 3.8) is 0 Å². The summed E-state index contributed by atoms with van der Waals surface area (Å²) in [5.41, 5.74) is 0.552. The third kappa shape index (κ3) is 4.83. The largest absolute Gasteiger partial charge is 0.448 e. The first-order valence-corrected chi connectivity index (χ1v) is 7.09. The standard InChI is InChI=1S/C13H16Cl2N2O3/c14-11-2-1-10(9-12(11)15)16-13(18)20-8-5-17-3-6-19-7-4-17/h1-2,9H,3-8H2,(H,16,18). The van der Waals surface area contributed by atoms with Gasteiger partial charge in [-0.3, -0.25) is 10.2 Å². The fourth-order valence-corrected chi connectivity index (χ4v) is 2.12. The predicted octanol–water partition coefficient (Wildman–Crippen LogP) is 2.87. The minimum atomic E-state index is -0.503. The first-order valence-electron chi connectivity index (χ1n) is 6.34. The molecular formula is C13H16Cl2N2O3. The van der Waals surface area contributed by atoms with Gasteiger partial charge < -0.3 is 9.47 Å². The van der Waals surface area contributed by atoms with Gasteiger partial charge in [-0.25, -0.2) is 4.79 Å². The first-order chi connectivity index (χ1) is 9.65. The molecule has 5 nitrogen and oxygen atoms in total. The minimum absolute atomic E-state index is 0.340. The van der Waals surface area contributed by atoms with Gasteiger partial charge in [0, 0.05) is 25.3 Å². The number of ether oxygens (including phenoxy) is 2. The van der Waals surface area contributed by atoms with Crippen molar-refractivity contribution in [1.82, 2.24) is 4.90 Å². The van der Waals surface area contributed by atoms with Crippen LogP contribution in [0, 0.1) is 0 Å². The number of nitrogens with zero attached hydrogens (tertiary/aromatic N) is 1. The zero-order chi connectivity index (χ0) is 14.4. The Kier molecular flexibility index (Phi) is 5.91. The lowest BCUT2D eigenvalue weighted by Crippen LogP contribution is -2.38. The van der Waals surface area contributed by atoms with Crippen molar-refractivity contribution in [3.05, 3.63) is 28.2 Å². The van der Waals surface area contributed by atoms with E-state index in [2.05, 4.69) is 10.2 Å². The molecule has 0 saturated carbocycles. The Labute approximate surface area is 127 Å². The third-order valence-electron chi connectivity index (χ3n) is 2.91. The van der Waals surface area contributed by atoms with Crippen molar-refractivity contribution in [3.8, 4) is 0 Å². The maximum Gasteiger partial charge on any atom is 0.411 e. The van der Waals surface area contributed by atoms with E-state index in [0.29, 0.717) is 28.9 Å². The van der Waals surface area contributed by atoms with Gasteiger partial charge in [-0.2, -0.15) is 0 Å². The Morgan fingerprint density at radius 1 is 1.30 bits per heavy atom. The molecule has 0 aliphatic carbocycles. The molecule has 0 atom stereocenters. The van der Waals surface area contributed by atoms with Gasteiger partial charge in [0.25, 0.3) is 0 Å². The van der Waals surface area contributed by atoms with E-state index in [-0.39, 0.29) is 0 Å². The molecule has 1 aliphatic heterocycles. The second-order valence-electron chi connectivity index (χ2n) is 4.34. The van der Waals surface area contributed by atoms with Crippen LogP contribution >= 0.6 is 23.2 Å². The van der Waals surface area contributed by atoms with E-state index in [1.807, 2.05) is 0 Å². The van der Waals surface area contributed by atoms with Gasteiger partial charge in [0.05, 0.1) is 23.3 Å². The molecular weight excluding hydrogens is 303 g/mol. The van der Waals surface area contributed by atoms with Crippen molar-refractivity contribution in [2.24, 2.45) is 0 Å². The molecule has 0 bridgehead atoms. The molecule has 0 aromatic heterocycles. The maximum absolute atomic E-state index is 11.6. The predicted molar refractivity (Wildman–Crippen MR) is 78.7 cm³/mol. The summed E-state index contributed by atoms with van der Waals surface area (Å²) in [6, 6.07) is 4.86. The number of carbonyl (C=O) groups excluding carboxylic acids is 1. The van der Waals surface area contributed by atoms with Gasteiger partial charge >= 0.3 is 6.09 Å². The SMILES string of the molecule is O=C(Nc1ccc(Cl)c(Cl)c1)OCCN1CCOCC1. The van der Waals surface area contributed by atoms with Crippen LogP contribution in [0.3, 0.4) is 0 Å². The highest BCUT2D eigenvalue weighted by molar-refractivity contribution is 6.42. The number of anilines is 1. The Bertz CT molecular complexity index is 465. The van der Waals surface area contributed by atoms with Gasteiger partial charge in [-0.05, 0) is 18.2 Å². The number of amides is 1. The van der Waals surface area contributed by atoms with Crippen molar-refractivity contribution in [2.45, 2.75) is 0 Å². The normalized spacial score (nSPS) is 15.9. The summed E-state index contributed by atoms with van der Waals surface area (Å²) >= 11 is 11.7. The Morgan fingerprint density at radius 3 is 2.75 bits per heavy atom. The zero-order valence-corrected chi connectivity index (χ0v) is 12.4. The number of benzene rings is 1. The van der Waals surface area contributed by atoms with Crippen LogP contribution in [0.25, 0.3) is 0 Å². The Balaban J connectivity index is 1.70. The van der Waals surface area contributed by atoms with Crippen LogP contribution in [0.15, 0.2) is 18.2 Å². The molecule has 110 valence electrons. The number of rotatable bonds is 4. The molecule has 1 aromatic carbocycles. The number of morpholine rings is 1. The van der Waals surface area contributed by atoms with Crippen LogP contribution in [-0.4, -0.2) is 50.4 Å². The highest BCUT2D eigenvalue weighted by atomic mass is 35.5. The van der Waals surface area contributed by atoms with Crippen LogP contribution in [0.5, 0.6) is 0 Å². The monoisotopic (exact) mass is 318 g/mol. The van der Waals surface area contributed by atoms with Gasteiger partial charge in [0.1, 0.15) is 6.61 Å². The lowest BCUT2D eigenvalue weighted by atomic mass is 10.3. The molecule has 7 heteroatoms. The van der Waals surface area contributed by atoms with Gasteiger partial charge in [0.2, 0.25) is 0 Å². The summed E-state index contributed by atoms with van der Waals surface area (Å²) in [5.74, 6) is 0. The number of hydrogen-bond acceptors (Lipinski definition) is 4. The quantitative estimate of drug-likeness (QED) is 0.927. The maximum atomic E-state index is 11.6. The smallest absolute Gasteiger partial charge is 0.411 e. The van der Waals surface area contributed by atoms with E-state index in [1.165, 1.54) is 0 Å². The molecule has 0 radical (unpaired) electrons. The van der Waals surface area contributed by atoms with Crippen molar-refractivity contribution in [2.75, 3.05) is 44.8 Å². The molecule has 1 heterocycles. The van der Waals surface area contributed by atoms with E-state index in [1.54, 1.807) is 18.2 Å². The average molecular weight is 319 g/mol. The lowest BCUT2D eigenvalue weighted by molar-refractivity contribution is 0.0290. The van der Waals surface area contributed by atoms with Crippen molar-refractivity contribution >= 4 is 35.0 Å². The summed E-state index contributed by atoms with van der Waals surface area (Å²) in [5, 5.41) is 3.43. The van der Waals surface area contributed by atoms with Crippen LogP contribution in [0.2, 0.25) is 10.0 Å². The number of nitrogens with one attached hydrogen (secondary N) is 1. The number of halogens is 2. The summed E-state index contributed by atoms with van der Waals surface area (Å²) in [6.45, 7) is 4.26. The Morgan fingerprint density at radius 2 is 2.05 bits per heavy atom. The number of carbonyl (C=O) groups is 1. The topological polar surface area (TPSA) is 50.8 Å². The summed E-state index contributed by atoms with van der Waals surface area (Å²) in [6.07, 6.45) is -0.503. The molecule has 1 amide bonds. The lowest BCUT2D eigenvalue weighted by Gasteiger charge is -2.26. The molecule has 1 saturated heterocycles. The van der Waals surface area contributed by atoms with Crippen LogP contribution in [0.4, 0.5) is 10.5 Å². The fourth-order valence-electron chi connectivity index (χ4n) is 1.82. The average Bonchev–Trinajstić information content (AvgIpc) is 2.44. The molecule has 1 aliphatic rings. The van der Waals surface area contributed by atoms with E-state index < -0.39 is 6.09 Å². The van der Waals surface area contributed by atoms with Crippen LogP contribution in [0.1, 0.15) is 0 Å². The fraction of sp³-hybridized carbons (Fsp3) is 0.462. The van der Waals surface area contributed by atoms with E-state index in [0.717, 1.165) is 26.3 Å². The van der Waals surface area contributed by atoms with E-state index in [9.17, 15) is 4.79 Å². The van der Waals surface area contributed by atoms with E-state index in [4.69, 9.17) is 32.7 Å². The van der Waals surface area contributed by atoms with Crippen LogP contribution < -0.4 is 5.32 Å². The molecule has 1 aromatic rings. The molecule has 1 fully saturated rings. The first kappa shape index (κ1) is 15.4. The number of hydrogen-bond donors (Lipinski definition) is 1. The zero-order valence-electron chi connectivity index (χ0n) is 10.9. The van der Waals surface area contributed by atoms with Crippen LogP contribution in [-0.2, 0) is 9.47 Å². The van der Waals surface area contributed by atoms with Crippen molar-refractivity contribution in [1.29, 1.82) is 0 Å². The molecule has 0 spiro atoms. The highest BCUT2D eigenvalue weighted by Crippen LogP contribution is 2.24. The highest BCUT2D eigenvalue weighted by Gasteiger charge is 2.11. The van der Waals surface area contributed by atoms with E-state index >= 15 is 0 Å².